The van der Waals surface area contributed by atoms with Gasteiger partial charge >= 0.3 is 0 Å². The third kappa shape index (κ3) is 2.32. The number of benzene rings is 2. The maximum Gasteiger partial charge on any atom is 0.142 e. The first-order valence-electron chi connectivity index (χ1n) is 7.03. The molecule has 3 nitrogen and oxygen atoms in total. The van der Waals surface area contributed by atoms with Gasteiger partial charge < -0.3 is 5.73 Å². The van der Waals surface area contributed by atoms with E-state index in [0.29, 0.717) is 5.56 Å². The number of nitrogens with zero attached hydrogens (tertiary/aromatic N) is 2. The number of rotatable bonds is 2. The molecule has 3 aromatic rings. The van der Waals surface area contributed by atoms with Gasteiger partial charge in [-0.3, -0.25) is 0 Å². The molecule has 0 saturated carbocycles. The summed E-state index contributed by atoms with van der Waals surface area (Å²) in [6, 6.07) is 22.0. The molecule has 0 fully saturated rings. The molecule has 0 atom stereocenters. The molecular formula is C19H15N3. The Balaban J connectivity index is 2.42. The van der Waals surface area contributed by atoms with Crippen molar-refractivity contribution in [1.29, 1.82) is 5.26 Å². The highest BCUT2D eigenvalue weighted by Gasteiger charge is 2.18. The van der Waals surface area contributed by atoms with E-state index in [1.807, 2.05) is 67.6 Å². The lowest BCUT2D eigenvalue weighted by Crippen LogP contribution is -2.03. The molecule has 1 aromatic heterocycles. The summed E-state index contributed by atoms with van der Waals surface area (Å²) in [6.07, 6.45) is 0. The van der Waals surface area contributed by atoms with Crippen LogP contribution in [0.4, 0.5) is 5.82 Å². The van der Waals surface area contributed by atoms with Crippen LogP contribution >= 0.6 is 0 Å². The lowest BCUT2D eigenvalue weighted by atomic mass is 9.90. The second kappa shape index (κ2) is 5.71. The molecule has 1 heterocycles. The zero-order valence-corrected chi connectivity index (χ0v) is 12.2. The molecule has 2 aromatic carbocycles. The number of aromatic nitrogens is 1. The second-order valence-corrected chi connectivity index (χ2v) is 5.05. The first-order chi connectivity index (χ1) is 10.7. The van der Waals surface area contributed by atoms with E-state index in [2.05, 4.69) is 11.1 Å². The fraction of sp³-hybridized carbons (Fsp3) is 0.0526. The van der Waals surface area contributed by atoms with E-state index >= 15 is 0 Å². The van der Waals surface area contributed by atoms with Gasteiger partial charge in [0.1, 0.15) is 17.5 Å². The summed E-state index contributed by atoms with van der Waals surface area (Å²) < 4.78 is 0. The summed E-state index contributed by atoms with van der Waals surface area (Å²) in [5.74, 6) is 0.276. The van der Waals surface area contributed by atoms with E-state index in [-0.39, 0.29) is 5.82 Å². The van der Waals surface area contributed by atoms with Crippen LogP contribution in [0.2, 0.25) is 0 Å². The molecule has 106 valence electrons. The van der Waals surface area contributed by atoms with Gasteiger partial charge in [-0.2, -0.15) is 5.26 Å². The molecule has 0 amide bonds. The quantitative estimate of drug-likeness (QED) is 0.768. The molecule has 0 aliphatic carbocycles. The van der Waals surface area contributed by atoms with Gasteiger partial charge in [0.2, 0.25) is 0 Å². The number of aryl methyl sites for hydroxylation is 1. The van der Waals surface area contributed by atoms with Crippen LogP contribution in [0.3, 0.4) is 0 Å². The molecule has 3 heteroatoms. The van der Waals surface area contributed by atoms with Gasteiger partial charge in [0, 0.05) is 16.8 Å². The standard InChI is InChI=1S/C19H15N3/c1-13-17(14-8-4-2-5-9-14)18(15-10-6-3-7-11-15)16(12-20)19(21)22-13/h2-11H,1H3,(H2,21,22). The smallest absolute Gasteiger partial charge is 0.142 e. The number of nitriles is 1. The maximum absolute atomic E-state index is 9.55. The van der Waals surface area contributed by atoms with Crippen molar-refractivity contribution >= 4 is 5.82 Å². The molecule has 0 radical (unpaired) electrons. The molecular weight excluding hydrogens is 270 g/mol. The van der Waals surface area contributed by atoms with Gasteiger partial charge in [0.15, 0.2) is 0 Å². The molecule has 3 rings (SSSR count). The first-order valence-corrected chi connectivity index (χ1v) is 7.03. The van der Waals surface area contributed by atoms with Crippen molar-refractivity contribution in [3.8, 4) is 28.3 Å². The van der Waals surface area contributed by atoms with Crippen molar-refractivity contribution < 1.29 is 0 Å². The van der Waals surface area contributed by atoms with Gasteiger partial charge in [0.25, 0.3) is 0 Å². The van der Waals surface area contributed by atoms with Crippen molar-refractivity contribution in [3.05, 3.63) is 71.9 Å². The fourth-order valence-electron chi connectivity index (χ4n) is 2.69. The molecule has 0 unspecified atom stereocenters. The van der Waals surface area contributed by atoms with Crippen molar-refractivity contribution in [2.24, 2.45) is 0 Å². The largest absolute Gasteiger partial charge is 0.383 e. The number of pyridine rings is 1. The SMILES string of the molecule is Cc1nc(N)c(C#N)c(-c2ccccc2)c1-c1ccccc1. The molecule has 0 saturated heterocycles. The van der Waals surface area contributed by atoms with Crippen LogP contribution in [0.15, 0.2) is 60.7 Å². The minimum atomic E-state index is 0.276. The summed E-state index contributed by atoms with van der Waals surface area (Å²) in [5.41, 5.74) is 11.0. The van der Waals surface area contributed by atoms with E-state index in [4.69, 9.17) is 5.73 Å². The highest BCUT2D eigenvalue weighted by molar-refractivity contribution is 5.90. The van der Waals surface area contributed by atoms with Crippen molar-refractivity contribution in [1.82, 2.24) is 4.98 Å². The van der Waals surface area contributed by atoms with E-state index in [0.717, 1.165) is 27.9 Å². The summed E-state index contributed by atoms with van der Waals surface area (Å²) in [5, 5.41) is 9.55. The Morgan fingerprint density at radius 1 is 0.864 bits per heavy atom. The number of anilines is 1. The summed E-state index contributed by atoms with van der Waals surface area (Å²) >= 11 is 0. The Labute approximate surface area is 129 Å². The number of hydrogen-bond acceptors (Lipinski definition) is 3. The van der Waals surface area contributed by atoms with Crippen LogP contribution in [0, 0.1) is 18.3 Å². The summed E-state index contributed by atoms with van der Waals surface area (Å²) in [6.45, 7) is 1.92. The third-order valence-electron chi connectivity index (χ3n) is 3.64. The topological polar surface area (TPSA) is 62.7 Å². The average Bonchev–Trinajstić information content (AvgIpc) is 2.56. The lowest BCUT2D eigenvalue weighted by molar-refractivity contribution is 1.20. The van der Waals surface area contributed by atoms with Crippen LogP contribution in [-0.2, 0) is 0 Å². The minimum absolute atomic E-state index is 0.276. The van der Waals surface area contributed by atoms with Gasteiger partial charge in [-0.15, -0.1) is 0 Å². The number of hydrogen-bond donors (Lipinski definition) is 1. The predicted octanol–water partition coefficient (Wildman–Crippen LogP) is 4.18. The fourth-order valence-corrected chi connectivity index (χ4v) is 2.69. The van der Waals surface area contributed by atoms with Crippen LogP contribution in [-0.4, -0.2) is 4.98 Å². The van der Waals surface area contributed by atoms with Crippen LogP contribution in [0.25, 0.3) is 22.3 Å². The highest BCUT2D eigenvalue weighted by atomic mass is 14.8. The number of nitrogens with two attached hydrogens (primary N) is 1. The Morgan fingerprint density at radius 3 is 1.86 bits per heavy atom. The zero-order chi connectivity index (χ0) is 15.5. The van der Waals surface area contributed by atoms with Gasteiger partial charge in [0.05, 0.1) is 0 Å². The molecule has 22 heavy (non-hydrogen) atoms. The molecule has 0 spiro atoms. The Bertz CT molecular complexity index is 847. The second-order valence-electron chi connectivity index (χ2n) is 5.05. The molecule has 2 N–H and O–H groups in total. The van der Waals surface area contributed by atoms with E-state index in [1.165, 1.54) is 0 Å². The average molecular weight is 285 g/mol. The summed E-state index contributed by atoms with van der Waals surface area (Å²) in [7, 11) is 0. The normalized spacial score (nSPS) is 10.2. The summed E-state index contributed by atoms with van der Waals surface area (Å²) in [4.78, 5) is 4.36. The van der Waals surface area contributed by atoms with Crippen molar-refractivity contribution in [2.75, 3.05) is 5.73 Å². The van der Waals surface area contributed by atoms with E-state index in [1.54, 1.807) is 0 Å². The Hall–Kier alpha value is -3.12. The van der Waals surface area contributed by atoms with Crippen molar-refractivity contribution in [3.63, 3.8) is 0 Å². The predicted molar refractivity (Wildman–Crippen MR) is 89.0 cm³/mol. The maximum atomic E-state index is 9.55. The number of nitrogen functional groups attached to an aromatic ring is 1. The Kier molecular flexibility index (Phi) is 3.59. The van der Waals surface area contributed by atoms with Crippen LogP contribution in [0.5, 0.6) is 0 Å². The van der Waals surface area contributed by atoms with Gasteiger partial charge in [-0.05, 0) is 18.1 Å². The first kappa shape index (κ1) is 13.8. The Morgan fingerprint density at radius 2 is 1.36 bits per heavy atom. The van der Waals surface area contributed by atoms with Gasteiger partial charge in [-0.1, -0.05) is 60.7 Å². The third-order valence-corrected chi connectivity index (χ3v) is 3.64. The molecule has 0 bridgehead atoms. The molecule has 0 aliphatic rings. The minimum Gasteiger partial charge on any atom is -0.383 e. The zero-order valence-electron chi connectivity index (χ0n) is 12.2. The van der Waals surface area contributed by atoms with E-state index < -0.39 is 0 Å². The van der Waals surface area contributed by atoms with Crippen LogP contribution in [0.1, 0.15) is 11.3 Å². The van der Waals surface area contributed by atoms with Gasteiger partial charge in [-0.25, -0.2) is 4.98 Å². The lowest BCUT2D eigenvalue weighted by Gasteiger charge is -2.16. The van der Waals surface area contributed by atoms with E-state index in [9.17, 15) is 5.26 Å². The molecule has 0 aliphatic heterocycles. The van der Waals surface area contributed by atoms with Crippen molar-refractivity contribution in [2.45, 2.75) is 6.92 Å². The highest BCUT2D eigenvalue weighted by Crippen LogP contribution is 2.38. The monoisotopic (exact) mass is 285 g/mol. The van der Waals surface area contributed by atoms with Crippen LogP contribution < -0.4 is 5.73 Å².